The molecule has 0 bridgehead atoms. The van der Waals surface area contributed by atoms with Gasteiger partial charge in [0.2, 0.25) is 0 Å². The topological polar surface area (TPSA) is 17.8 Å². The van der Waals surface area contributed by atoms with E-state index < -0.39 is 0 Å². The molecule has 1 aliphatic carbocycles. The van der Waals surface area contributed by atoms with Gasteiger partial charge in [0, 0.05) is 6.54 Å². The van der Waals surface area contributed by atoms with Crippen molar-refractivity contribution in [3.63, 3.8) is 0 Å². The van der Waals surface area contributed by atoms with Crippen molar-refractivity contribution in [1.29, 1.82) is 0 Å². The summed E-state index contributed by atoms with van der Waals surface area (Å²) in [5.41, 5.74) is 4.01. The second-order valence-corrected chi connectivity index (χ2v) is 6.53. The minimum Gasteiger partial charge on any atom is -0.326 e. The monoisotopic (exact) mass is 276 g/mol. The Balaban J connectivity index is 2.07. The molecule has 1 aromatic heterocycles. The Morgan fingerprint density at radius 2 is 2.05 bits per heavy atom. The van der Waals surface area contributed by atoms with Crippen LogP contribution in [0.3, 0.4) is 0 Å². The maximum absolute atomic E-state index is 6.09. The summed E-state index contributed by atoms with van der Waals surface area (Å²) < 4.78 is 2.35. The van der Waals surface area contributed by atoms with Gasteiger partial charge in [0.25, 0.3) is 0 Å². The van der Waals surface area contributed by atoms with Crippen LogP contribution < -0.4 is 0 Å². The van der Waals surface area contributed by atoms with E-state index in [0.717, 1.165) is 17.9 Å². The number of halogens is 1. The van der Waals surface area contributed by atoms with Gasteiger partial charge in [-0.1, -0.05) is 25.8 Å². The number of fused-ring (bicyclic) bond motifs is 1. The third-order valence-electron chi connectivity index (χ3n) is 4.45. The lowest BCUT2D eigenvalue weighted by Gasteiger charge is -2.25. The lowest BCUT2D eigenvalue weighted by Crippen LogP contribution is -2.20. The summed E-state index contributed by atoms with van der Waals surface area (Å²) >= 11 is 6.09. The summed E-state index contributed by atoms with van der Waals surface area (Å²) in [7, 11) is 0. The minimum atomic E-state index is 0.415. The fourth-order valence-corrected chi connectivity index (χ4v) is 3.53. The van der Waals surface area contributed by atoms with Gasteiger partial charge in [-0.3, -0.25) is 0 Å². The number of alkyl halides is 1. The van der Waals surface area contributed by atoms with E-state index >= 15 is 0 Å². The summed E-state index contributed by atoms with van der Waals surface area (Å²) in [5.74, 6) is 1.50. The molecule has 0 unspecified atom stereocenters. The van der Waals surface area contributed by atoms with Gasteiger partial charge in [0.05, 0.1) is 16.9 Å². The number of benzene rings is 1. The van der Waals surface area contributed by atoms with E-state index in [1.807, 2.05) is 0 Å². The van der Waals surface area contributed by atoms with E-state index in [1.165, 1.54) is 36.8 Å². The van der Waals surface area contributed by atoms with Crippen LogP contribution in [-0.4, -0.2) is 9.55 Å². The van der Waals surface area contributed by atoms with Crippen LogP contribution >= 0.6 is 11.6 Å². The molecular weight excluding hydrogens is 256 g/mol. The molecule has 0 spiro atoms. The van der Waals surface area contributed by atoms with Gasteiger partial charge in [-0.25, -0.2) is 4.98 Å². The second kappa shape index (κ2) is 4.82. The minimum absolute atomic E-state index is 0.415. The van der Waals surface area contributed by atoms with E-state index in [-0.39, 0.29) is 0 Å². The summed E-state index contributed by atoms with van der Waals surface area (Å²) in [6, 6.07) is 6.46. The van der Waals surface area contributed by atoms with Crippen molar-refractivity contribution in [3.8, 4) is 0 Å². The predicted octanol–water partition coefficient (Wildman–Crippen LogP) is 4.66. The number of aryl methyl sites for hydroxylation is 1. The lowest BCUT2D eigenvalue weighted by atomic mass is 9.88. The van der Waals surface area contributed by atoms with Crippen LogP contribution in [0.5, 0.6) is 0 Å². The standard InChI is InChI=1S/C16H21ClN2/c1-12-5-6-13-14(9-12)19(15(10-17)18-13)11-16(2)7-3-4-8-16/h5-6,9H,3-4,7-8,10-11H2,1-2H3. The highest BCUT2D eigenvalue weighted by Crippen LogP contribution is 2.40. The molecule has 0 saturated heterocycles. The van der Waals surface area contributed by atoms with Crippen LogP contribution in [0.1, 0.15) is 44.0 Å². The normalized spacial score (nSPS) is 18.3. The Hall–Kier alpha value is -1.02. The van der Waals surface area contributed by atoms with E-state index in [2.05, 4.69) is 41.6 Å². The van der Waals surface area contributed by atoms with Crippen LogP contribution in [0.4, 0.5) is 0 Å². The molecule has 3 heteroatoms. The van der Waals surface area contributed by atoms with Crippen molar-refractivity contribution >= 4 is 22.6 Å². The van der Waals surface area contributed by atoms with Gasteiger partial charge < -0.3 is 4.57 Å². The Morgan fingerprint density at radius 3 is 2.74 bits per heavy atom. The van der Waals surface area contributed by atoms with Crippen molar-refractivity contribution in [2.75, 3.05) is 0 Å². The summed E-state index contributed by atoms with van der Waals surface area (Å²) in [5, 5.41) is 0. The van der Waals surface area contributed by atoms with Gasteiger partial charge in [0.15, 0.2) is 0 Å². The molecule has 1 aromatic carbocycles. The molecule has 102 valence electrons. The van der Waals surface area contributed by atoms with E-state index in [0.29, 0.717) is 11.3 Å². The van der Waals surface area contributed by atoms with Crippen molar-refractivity contribution in [1.82, 2.24) is 9.55 Å². The molecule has 1 aliphatic rings. The van der Waals surface area contributed by atoms with Gasteiger partial charge in [-0.05, 0) is 42.9 Å². The third kappa shape index (κ3) is 2.38. The third-order valence-corrected chi connectivity index (χ3v) is 4.69. The first-order chi connectivity index (χ1) is 9.11. The first kappa shape index (κ1) is 13.0. The number of aromatic nitrogens is 2. The number of imidazole rings is 1. The number of rotatable bonds is 3. The van der Waals surface area contributed by atoms with Gasteiger partial charge >= 0.3 is 0 Å². The maximum Gasteiger partial charge on any atom is 0.124 e. The van der Waals surface area contributed by atoms with Crippen LogP contribution in [-0.2, 0) is 12.4 Å². The molecule has 0 aliphatic heterocycles. The van der Waals surface area contributed by atoms with Crippen molar-refractivity contribution in [3.05, 3.63) is 29.6 Å². The lowest BCUT2D eigenvalue weighted by molar-refractivity contribution is 0.282. The van der Waals surface area contributed by atoms with E-state index in [1.54, 1.807) is 0 Å². The molecular formula is C16H21ClN2. The smallest absolute Gasteiger partial charge is 0.124 e. The predicted molar refractivity (Wildman–Crippen MR) is 80.6 cm³/mol. The van der Waals surface area contributed by atoms with E-state index in [4.69, 9.17) is 11.6 Å². The average Bonchev–Trinajstić information content (AvgIpc) is 2.95. The van der Waals surface area contributed by atoms with E-state index in [9.17, 15) is 0 Å². The molecule has 0 amide bonds. The zero-order valence-electron chi connectivity index (χ0n) is 11.7. The molecule has 0 atom stereocenters. The molecule has 0 radical (unpaired) electrons. The molecule has 2 nitrogen and oxygen atoms in total. The molecule has 1 heterocycles. The summed E-state index contributed by atoms with van der Waals surface area (Å²) in [4.78, 5) is 4.68. The highest BCUT2D eigenvalue weighted by molar-refractivity contribution is 6.16. The SMILES string of the molecule is Cc1ccc2nc(CCl)n(CC3(C)CCCC3)c2c1. The average molecular weight is 277 g/mol. The van der Waals surface area contributed by atoms with Crippen LogP contribution in [0.15, 0.2) is 18.2 Å². The first-order valence-electron chi connectivity index (χ1n) is 7.13. The molecule has 1 saturated carbocycles. The molecule has 2 aromatic rings. The Morgan fingerprint density at radius 1 is 1.32 bits per heavy atom. The fraction of sp³-hybridized carbons (Fsp3) is 0.562. The maximum atomic E-state index is 6.09. The largest absolute Gasteiger partial charge is 0.326 e. The zero-order valence-corrected chi connectivity index (χ0v) is 12.5. The molecule has 1 fully saturated rings. The quantitative estimate of drug-likeness (QED) is 0.745. The highest BCUT2D eigenvalue weighted by atomic mass is 35.5. The Bertz CT molecular complexity index is 594. The molecule has 3 rings (SSSR count). The second-order valence-electron chi connectivity index (χ2n) is 6.26. The summed E-state index contributed by atoms with van der Waals surface area (Å²) in [6.07, 6.45) is 5.36. The zero-order chi connectivity index (χ0) is 13.5. The van der Waals surface area contributed by atoms with Crippen LogP contribution in [0, 0.1) is 12.3 Å². The Labute approximate surface area is 119 Å². The first-order valence-corrected chi connectivity index (χ1v) is 7.66. The van der Waals surface area contributed by atoms with Crippen LogP contribution in [0.25, 0.3) is 11.0 Å². The molecule has 19 heavy (non-hydrogen) atoms. The Kier molecular flexibility index (Phi) is 3.30. The van der Waals surface area contributed by atoms with Crippen molar-refractivity contribution in [2.45, 2.75) is 52.0 Å². The number of hydrogen-bond donors (Lipinski definition) is 0. The highest BCUT2D eigenvalue weighted by Gasteiger charge is 2.30. The van der Waals surface area contributed by atoms with Crippen molar-refractivity contribution in [2.24, 2.45) is 5.41 Å². The van der Waals surface area contributed by atoms with Gasteiger partial charge in [0.1, 0.15) is 5.82 Å². The van der Waals surface area contributed by atoms with Crippen LogP contribution in [0.2, 0.25) is 0 Å². The van der Waals surface area contributed by atoms with Gasteiger partial charge in [-0.15, -0.1) is 11.6 Å². The van der Waals surface area contributed by atoms with Crippen molar-refractivity contribution < 1.29 is 0 Å². The fourth-order valence-electron chi connectivity index (χ4n) is 3.33. The van der Waals surface area contributed by atoms with Gasteiger partial charge in [-0.2, -0.15) is 0 Å². The summed E-state index contributed by atoms with van der Waals surface area (Å²) in [6.45, 7) is 5.59. The molecule has 0 N–H and O–H groups in total. The number of nitrogens with zero attached hydrogens (tertiary/aromatic N) is 2. The number of hydrogen-bond acceptors (Lipinski definition) is 1.